The Balaban J connectivity index is 2.05. The van der Waals surface area contributed by atoms with Crippen molar-refractivity contribution in [2.75, 3.05) is 13.1 Å². The molecule has 1 amide bonds. The van der Waals surface area contributed by atoms with Gasteiger partial charge in [0.15, 0.2) is 5.84 Å². The smallest absolute Gasteiger partial charge is 0.236 e. The molecule has 2 fully saturated rings. The highest BCUT2D eigenvalue weighted by Gasteiger charge is 2.56. The molecule has 1 saturated heterocycles. The van der Waals surface area contributed by atoms with Crippen LogP contribution >= 0.6 is 0 Å². The van der Waals surface area contributed by atoms with E-state index in [-0.39, 0.29) is 17.2 Å². The first-order valence-electron chi connectivity index (χ1n) is 6.58. The molecule has 102 valence electrons. The lowest BCUT2D eigenvalue weighted by molar-refractivity contribution is -0.133. The van der Waals surface area contributed by atoms with Crippen LogP contribution in [0.4, 0.5) is 0 Å². The fraction of sp³-hybridized carbons (Fsp3) is 0.846. The van der Waals surface area contributed by atoms with Crippen LogP contribution in [-0.2, 0) is 4.79 Å². The quantitative estimate of drug-likeness (QED) is 0.338. The number of likely N-dealkylation sites (tertiary alicyclic amines) is 1. The lowest BCUT2D eigenvalue weighted by Crippen LogP contribution is -2.43. The van der Waals surface area contributed by atoms with Crippen LogP contribution in [0.25, 0.3) is 0 Å². The molecule has 1 unspecified atom stereocenters. The van der Waals surface area contributed by atoms with Crippen LogP contribution in [0.1, 0.15) is 40.0 Å². The van der Waals surface area contributed by atoms with E-state index in [1.54, 1.807) is 0 Å². The summed E-state index contributed by atoms with van der Waals surface area (Å²) < 4.78 is 0. The van der Waals surface area contributed by atoms with Gasteiger partial charge in [-0.05, 0) is 30.6 Å². The molecule has 0 bridgehead atoms. The summed E-state index contributed by atoms with van der Waals surface area (Å²) in [5.74, 6) is 0.654. The zero-order valence-corrected chi connectivity index (χ0v) is 11.4. The van der Waals surface area contributed by atoms with Gasteiger partial charge in [-0.15, -0.1) is 0 Å². The van der Waals surface area contributed by atoms with Crippen LogP contribution < -0.4 is 5.73 Å². The van der Waals surface area contributed by atoms with Gasteiger partial charge in [0.05, 0.1) is 0 Å². The Morgan fingerprint density at radius 2 is 2.06 bits per heavy atom. The molecule has 0 aromatic carbocycles. The molecule has 0 spiro atoms. The number of nitrogens with zero attached hydrogens (tertiary/aromatic N) is 2. The van der Waals surface area contributed by atoms with Crippen molar-refractivity contribution in [2.24, 2.45) is 27.6 Å². The van der Waals surface area contributed by atoms with E-state index in [4.69, 9.17) is 10.9 Å². The number of oxime groups is 1. The Labute approximate surface area is 108 Å². The second-order valence-corrected chi connectivity index (χ2v) is 6.67. The molecule has 2 rings (SSSR count). The Hall–Kier alpha value is -1.26. The van der Waals surface area contributed by atoms with Crippen molar-refractivity contribution in [3.8, 4) is 0 Å². The van der Waals surface area contributed by atoms with E-state index in [0.29, 0.717) is 18.8 Å². The van der Waals surface area contributed by atoms with E-state index in [1.807, 2.05) is 4.90 Å². The number of rotatable bonds is 2. The molecular formula is C13H23N3O2. The van der Waals surface area contributed by atoms with Gasteiger partial charge in [0.1, 0.15) is 5.41 Å². The molecule has 1 atom stereocenters. The standard InChI is InChI=1S/C13H23N3O2/c1-12(2,3)9-4-7-16(8-9)11(17)13(5-6-13)10(14)15-18/h9,18H,4-8H2,1-3H3,(H2,14,15). The number of hydrogen-bond acceptors (Lipinski definition) is 3. The molecule has 1 saturated carbocycles. The summed E-state index contributed by atoms with van der Waals surface area (Å²) >= 11 is 0. The maximum Gasteiger partial charge on any atom is 0.236 e. The third-order valence-electron chi connectivity index (χ3n) is 4.46. The summed E-state index contributed by atoms with van der Waals surface area (Å²) in [6.45, 7) is 8.22. The van der Waals surface area contributed by atoms with Crippen molar-refractivity contribution in [1.29, 1.82) is 0 Å². The highest BCUT2D eigenvalue weighted by atomic mass is 16.4. The van der Waals surface area contributed by atoms with Crippen LogP contribution in [-0.4, -0.2) is 34.9 Å². The second kappa shape index (κ2) is 4.14. The average Bonchev–Trinajstić information content (AvgIpc) is 2.95. The van der Waals surface area contributed by atoms with Gasteiger partial charge in [0.2, 0.25) is 5.91 Å². The topological polar surface area (TPSA) is 78.9 Å². The third kappa shape index (κ3) is 2.06. The van der Waals surface area contributed by atoms with Crippen molar-refractivity contribution < 1.29 is 10.0 Å². The molecule has 3 N–H and O–H groups in total. The predicted octanol–water partition coefficient (Wildman–Crippen LogP) is 1.41. The fourth-order valence-corrected chi connectivity index (χ4v) is 2.75. The Bertz CT molecular complexity index is 380. The van der Waals surface area contributed by atoms with E-state index in [0.717, 1.165) is 19.5 Å². The monoisotopic (exact) mass is 253 g/mol. The molecule has 1 aliphatic carbocycles. The number of hydrogen-bond donors (Lipinski definition) is 2. The molecule has 0 radical (unpaired) electrons. The van der Waals surface area contributed by atoms with Crippen LogP contribution in [0.2, 0.25) is 0 Å². The van der Waals surface area contributed by atoms with Gasteiger partial charge >= 0.3 is 0 Å². The summed E-state index contributed by atoms with van der Waals surface area (Å²) in [5.41, 5.74) is 5.19. The predicted molar refractivity (Wildman–Crippen MR) is 69.2 cm³/mol. The summed E-state index contributed by atoms with van der Waals surface area (Å²) in [6, 6.07) is 0. The minimum atomic E-state index is -0.693. The van der Waals surface area contributed by atoms with Gasteiger partial charge in [-0.2, -0.15) is 0 Å². The second-order valence-electron chi connectivity index (χ2n) is 6.67. The number of carbonyl (C=O) groups excluding carboxylic acids is 1. The van der Waals surface area contributed by atoms with Crippen molar-refractivity contribution in [2.45, 2.75) is 40.0 Å². The summed E-state index contributed by atoms with van der Waals surface area (Å²) in [4.78, 5) is 14.3. The first-order chi connectivity index (χ1) is 8.31. The van der Waals surface area contributed by atoms with Gasteiger partial charge in [0, 0.05) is 13.1 Å². The van der Waals surface area contributed by atoms with E-state index < -0.39 is 5.41 Å². The number of amides is 1. The largest absolute Gasteiger partial charge is 0.409 e. The minimum absolute atomic E-state index is 0.0459. The third-order valence-corrected chi connectivity index (χ3v) is 4.46. The molecule has 18 heavy (non-hydrogen) atoms. The lowest BCUT2D eigenvalue weighted by atomic mass is 9.80. The van der Waals surface area contributed by atoms with Crippen molar-refractivity contribution >= 4 is 11.7 Å². The summed E-state index contributed by atoms with van der Waals surface area (Å²) in [7, 11) is 0. The van der Waals surface area contributed by atoms with E-state index in [9.17, 15) is 4.79 Å². The number of amidine groups is 1. The lowest BCUT2D eigenvalue weighted by Gasteiger charge is -2.28. The Morgan fingerprint density at radius 1 is 1.44 bits per heavy atom. The first kappa shape index (κ1) is 13.2. The van der Waals surface area contributed by atoms with Crippen LogP contribution in [0.3, 0.4) is 0 Å². The number of nitrogens with two attached hydrogens (primary N) is 1. The van der Waals surface area contributed by atoms with Crippen molar-refractivity contribution in [3.05, 3.63) is 0 Å². The van der Waals surface area contributed by atoms with Gasteiger partial charge in [0.25, 0.3) is 0 Å². The number of carbonyl (C=O) groups is 1. The molecule has 0 aromatic rings. The minimum Gasteiger partial charge on any atom is -0.409 e. The maximum atomic E-state index is 12.5. The van der Waals surface area contributed by atoms with Gasteiger partial charge in [-0.25, -0.2) is 0 Å². The SMILES string of the molecule is CC(C)(C)C1CCN(C(=O)C2(C(N)=NO)CC2)C1. The molecule has 0 aromatic heterocycles. The normalized spacial score (nSPS) is 27.4. The summed E-state index contributed by atoms with van der Waals surface area (Å²) in [5, 5.41) is 11.8. The molecule has 5 heteroatoms. The zero-order chi connectivity index (χ0) is 13.6. The highest BCUT2D eigenvalue weighted by molar-refractivity contribution is 6.09. The van der Waals surface area contributed by atoms with Crippen LogP contribution in [0.15, 0.2) is 5.16 Å². The van der Waals surface area contributed by atoms with E-state index >= 15 is 0 Å². The molecular weight excluding hydrogens is 230 g/mol. The van der Waals surface area contributed by atoms with Gasteiger partial charge < -0.3 is 15.8 Å². The van der Waals surface area contributed by atoms with Gasteiger partial charge in [-0.1, -0.05) is 25.9 Å². The Morgan fingerprint density at radius 3 is 2.44 bits per heavy atom. The van der Waals surface area contributed by atoms with Crippen molar-refractivity contribution in [3.63, 3.8) is 0 Å². The van der Waals surface area contributed by atoms with E-state index in [2.05, 4.69) is 25.9 Å². The summed E-state index contributed by atoms with van der Waals surface area (Å²) in [6.07, 6.45) is 2.46. The van der Waals surface area contributed by atoms with Crippen LogP contribution in [0.5, 0.6) is 0 Å². The van der Waals surface area contributed by atoms with Crippen LogP contribution in [0, 0.1) is 16.7 Å². The zero-order valence-electron chi connectivity index (χ0n) is 11.4. The molecule has 1 aliphatic heterocycles. The molecule has 1 heterocycles. The van der Waals surface area contributed by atoms with Gasteiger partial charge in [-0.3, -0.25) is 4.79 Å². The molecule has 2 aliphatic rings. The highest BCUT2D eigenvalue weighted by Crippen LogP contribution is 2.48. The van der Waals surface area contributed by atoms with E-state index in [1.165, 1.54) is 0 Å². The fourth-order valence-electron chi connectivity index (χ4n) is 2.75. The van der Waals surface area contributed by atoms with Crippen molar-refractivity contribution in [1.82, 2.24) is 4.90 Å². The maximum absolute atomic E-state index is 12.5. The first-order valence-corrected chi connectivity index (χ1v) is 6.58. The Kier molecular flexibility index (Phi) is 3.03. The molecule has 5 nitrogen and oxygen atoms in total. The average molecular weight is 253 g/mol.